The molecule has 0 radical (unpaired) electrons. The average molecular weight is 361 g/mol. The maximum Gasteiger partial charge on any atom is 0.274 e. The van der Waals surface area contributed by atoms with Crippen LogP contribution in [0.5, 0.6) is 11.5 Å². The summed E-state index contributed by atoms with van der Waals surface area (Å²) in [5.74, 6) is 0.996. The minimum absolute atomic E-state index is 0.195. The third-order valence-electron chi connectivity index (χ3n) is 4.30. The molecule has 1 aromatic heterocycles. The first-order valence-corrected chi connectivity index (χ1v) is 8.60. The molecule has 0 saturated carbocycles. The van der Waals surface area contributed by atoms with E-state index in [0.717, 1.165) is 22.5 Å². The summed E-state index contributed by atoms with van der Waals surface area (Å²) in [7, 11) is 0. The number of nitrogens with one attached hydrogen (secondary N) is 2. The number of carbonyl (C=O) groups excluding carboxylic acids is 1. The maximum atomic E-state index is 12.6. The largest absolute Gasteiger partial charge is 0.454 e. The molecule has 0 aliphatic carbocycles. The van der Waals surface area contributed by atoms with Crippen LogP contribution in [0.2, 0.25) is 0 Å². The number of nitrogens with zero attached hydrogens (tertiary/aromatic N) is 1. The number of pyridine rings is 1. The molecule has 1 amide bonds. The van der Waals surface area contributed by atoms with Gasteiger partial charge in [0.1, 0.15) is 5.69 Å². The molecule has 1 aliphatic heterocycles. The van der Waals surface area contributed by atoms with Gasteiger partial charge in [-0.15, -0.1) is 0 Å². The summed E-state index contributed by atoms with van der Waals surface area (Å²) in [6, 6.07) is 15.0. The number of amides is 1. The molecule has 0 spiro atoms. The SMILES string of the molecule is Cc1ccc(C)c(Nc2ccnc(C(=O)Nc3ccc4c(c3)OCO4)c2)c1. The standard InChI is InChI=1S/C21H19N3O3/c1-13-3-4-14(2)17(9-13)23-16-7-8-22-18(10-16)21(25)24-15-5-6-19-20(11-15)27-12-26-19/h3-11H,12H2,1-2H3,(H,22,23)(H,24,25). The molecular formula is C21H19N3O3. The lowest BCUT2D eigenvalue weighted by molar-refractivity contribution is 0.102. The van der Waals surface area contributed by atoms with Gasteiger partial charge < -0.3 is 20.1 Å². The third kappa shape index (κ3) is 3.69. The quantitative estimate of drug-likeness (QED) is 0.719. The Kier molecular flexibility index (Phi) is 4.38. The van der Waals surface area contributed by atoms with E-state index in [0.29, 0.717) is 22.9 Å². The molecule has 4 rings (SSSR count). The second-order valence-corrected chi connectivity index (χ2v) is 6.40. The normalized spacial score (nSPS) is 11.9. The highest BCUT2D eigenvalue weighted by atomic mass is 16.7. The van der Waals surface area contributed by atoms with Crippen molar-refractivity contribution in [2.45, 2.75) is 13.8 Å². The van der Waals surface area contributed by atoms with Crippen molar-refractivity contribution >= 4 is 23.0 Å². The molecule has 6 heteroatoms. The van der Waals surface area contributed by atoms with Gasteiger partial charge in [-0.1, -0.05) is 12.1 Å². The zero-order valence-corrected chi connectivity index (χ0v) is 15.1. The molecule has 0 bridgehead atoms. The molecule has 2 N–H and O–H groups in total. The highest BCUT2D eigenvalue weighted by molar-refractivity contribution is 6.03. The van der Waals surface area contributed by atoms with Crippen LogP contribution in [0.4, 0.5) is 17.1 Å². The predicted molar refractivity (Wildman–Crippen MR) is 104 cm³/mol. The summed E-state index contributed by atoms with van der Waals surface area (Å²) in [4.78, 5) is 16.7. The van der Waals surface area contributed by atoms with Gasteiger partial charge in [-0.3, -0.25) is 9.78 Å². The van der Waals surface area contributed by atoms with E-state index < -0.39 is 0 Å². The molecule has 136 valence electrons. The number of anilines is 3. The van der Waals surface area contributed by atoms with Gasteiger partial charge in [0, 0.05) is 29.3 Å². The summed E-state index contributed by atoms with van der Waals surface area (Å²) in [5.41, 5.74) is 5.04. The Balaban J connectivity index is 1.51. The lowest BCUT2D eigenvalue weighted by Crippen LogP contribution is -2.13. The van der Waals surface area contributed by atoms with Crippen molar-refractivity contribution in [1.82, 2.24) is 4.98 Å². The zero-order valence-electron chi connectivity index (χ0n) is 15.1. The predicted octanol–water partition coefficient (Wildman–Crippen LogP) is 4.42. The van der Waals surface area contributed by atoms with E-state index in [9.17, 15) is 4.79 Å². The molecule has 6 nitrogen and oxygen atoms in total. The van der Waals surface area contributed by atoms with Crippen LogP contribution < -0.4 is 20.1 Å². The third-order valence-corrected chi connectivity index (χ3v) is 4.30. The van der Waals surface area contributed by atoms with E-state index in [-0.39, 0.29) is 12.7 Å². The van der Waals surface area contributed by atoms with Crippen molar-refractivity contribution in [3.05, 3.63) is 71.5 Å². The number of hydrogen-bond donors (Lipinski definition) is 2. The minimum atomic E-state index is -0.293. The maximum absolute atomic E-state index is 12.6. The van der Waals surface area contributed by atoms with E-state index in [1.165, 1.54) is 0 Å². The minimum Gasteiger partial charge on any atom is -0.454 e. The van der Waals surface area contributed by atoms with Crippen molar-refractivity contribution in [3.63, 3.8) is 0 Å². The van der Waals surface area contributed by atoms with Gasteiger partial charge >= 0.3 is 0 Å². The first-order valence-electron chi connectivity index (χ1n) is 8.60. The molecule has 0 fully saturated rings. The average Bonchev–Trinajstić information content (AvgIpc) is 3.13. The Morgan fingerprint density at radius 2 is 1.81 bits per heavy atom. The molecule has 1 aliphatic rings. The van der Waals surface area contributed by atoms with Gasteiger partial charge in [0.15, 0.2) is 11.5 Å². The number of aryl methyl sites for hydroxylation is 2. The highest BCUT2D eigenvalue weighted by Crippen LogP contribution is 2.34. The van der Waals surface area contributed by atoms with Crippen molar-refractivity contribution < 1.29 is 14.3 Å². The summed E-state index contributed by atoms with van der Waals surface area (Å²) in [6.45, 7) is 4.28. The molecule has 0 unspecified atom stereocenters. The van der Waals surface area contributed by atoms with Crippen LogP contribution in [0.3, 0.4) is 0 Å². The fourth-order valence-corrected chi connectivity index (χ4v) is 2.83. The van der Waals surface area contributed by atoms with Crippen LogP contribution >= 0.6 is 0 Å². The summed E-state index contributed by atoms with van der Waals surface area (Å²) < 4.78 is 10.6. The van der Waals surface area contributed by atoms with Gasteiger partial charge in [0.2, 0.25) is 6.79 Å². The van der Waals surface area contributed by atoms with Gasteiger partial charge in [-0.05, 0) is 55.3 Å². The Morgan fingerprint density at radius 1 is 0.963 bits per heavy atom. The number of aromatic nitrogens is 1. The van der Waals surface area contributed by atoms with Gasteiger partial charge in [-0.2, -0.15) is 0 Å². The number of hydrogen-bond acceptors (Lipinski definition) is 5. The second kappa shape index (κ2) is 6.99. The molecule has 27 heavy (non-hydrogen) atoms. The van der Waals surface area contributed by atoms with Crippen molar-refractivity contribution in [2.24, 2.45) is 0 Å². The Bertz CT molecular complexity index is 1020. The van der Waals surface area contributed by atoms with E-state index in [1.54, 1.807) is 30.5 Å². The summed E-state index contributed by atoms with van der Waals surface area (Å²) in [6.07, 6.45) is 1.61. The molecule has 2 heterocycles. The van der Waals surface area contributed by atoms with Gasteiger partial charge in [0.25, 0.3) is 5.91 Å². The molecule has 2 aromatic carbocycles. The van der Waals surface area contributed by atoms with E-state index in [4.69, 9.17) is 9.47 Å². The monoisotopic (exact) mass is 361 g/mol. The van der Waals surface area contributed by atoms with Crippen LogP contribution in [0.15, 0.2) is 54.7 Å². The summed E-state index contributed by atoms with van der Waals surface area (Å²) >= 11 is 0. The van der Waals surface area contributed by atoms with Crippen molar-refractivity contribution in [1.29, 1.82) is 0 Å². The number of rotatable bonds is 4. The van der Waals surface area contributed by atoms with Crippen molar-refractivity contribution in [2.75, 3.05) is 17.4 Å². The highest BCUT2D eigenvalue weighted by Gasteiger charge is 2.15. The number of carbonyl (C=O) groups is 1. The fourth-order valence-electron chi connectivity index (χ4n) is 2.83. The molecule has 3 aromatic rings. The number of fused-ring (bicyclic) bond motifs is 1. The first-order chi connectivity index (χ1) is 13.1. The first kappa shape index (κ1) is 16.9. The van der Waals surface area contributed by atoms with Crippen LogP contribution in [-0.4, -0.2) is 17.7 Å². The van der Waals surface area contributed by atoms with E-state index >= 15 is 0 Å². The topological polar surface area (TPSA) is 72.5 Å². The number of benzene rings is 2. The zero-order chi connectivity index (χ0) is 18.8. The molecular weight excluding hydrogens is 342 g/mol. The second-order valence-electron chi connectivity index (χ2n) is 6.40. The lowest BCUT2D eigenvalue weighted by Gasteiger charge is -2.11. The Hall–Kier alpha value is -3.54. The van der Waals surface area contributed by atoms with Gasteiger partial charge in [0.05, 0.1) is 0 Å². The van der Waals surface area contributed by atoms with Crippen LogP contribution in [0.25, 0.3) is 0 Å². The fraction of sp³-hybridized carbons (Fsp3) is 0.143. The smallest absolute Gasteiger partial charge is 0.274 e. The summed E-state index contributed by atoms with van der Waals surface area (Å²) in [5, 5.41) is 6.18. The Morgan fingerprint density at radius 3 is 2.70 bits per heavy atom. The van der Waals surface area contributed by atoms with E-state index in [2.05, 4.69) is 33.8 Å². The Labute approximate surface area is 157 Å². The van der Waals surface area contributed by atoms with Gasteiger partial charge in [-0.25, -0.2) is 0 Å². The molecule has 0 saturated heterocycles. The van der Waals surface area contributed by atoms with Crippen molar-refractivity contribution in [3.8, 4) is 11.5 Å². The van der Waals surface area contributed by atoms with Crippen LogP contribution in [0, 0.1) is 13.8 Å². The van der Waals surface area contributed by atoms with Crippen LogP contribution in [-0.2, 0) is 0 Å². The van der Waals surface area contributed by atoms with E-state index in [1.807, 2.05) is 19.9 Å². The molecule has 0 atom stereocenters. The van der Waals surface area contributed by atoms with Crippen LogP contribution in [0.1, 0.15) is 21.6 Å². The lowest BCUT2D eigenvalue weighted by atomic mass is 10.1. The number of ether oxygens (including phenoxy) is 2.